The monoisotopic (exact) mass is 663 g/mol. The van der Waals surface area contributed by atoms with Gasteiger partial charge in [-0.1, -0.05) is 142 Å². The van der Waals surface area contributed by atoms with Gasteiger partial charge in [0.25, 0.3) is 0 Å². The van der Waals surface area contributed by atoms with Crippen LogP contribution in [-0.4, -0.2) is 36.4 Å². The van der Waals surface area contributed by atoms with Gasteiger partial charge in [0.2, 0.25) is 0 Å². The molecule has 0 bridgehead atoms. The van der Waals surface area contributed by atoms with Crippen LogP contribution >= 0.6 is 0 Å². The maximum absolute atomic E-state index is 6.08. The molecule has 0 radical (unpaired) electrons. The van der Waals surface area contributed by atoms with Gasteiger partial charge in [0.1, 0.15) is 0 Å². The Kier molecular flexibility index (Phi) is 14.9. The fraction of sp³-hybridized carbons (Fsp3) is 1.00. The summed E-state index contributed by atoms with van der Waals surface area (Å²) in [7, 11) is -3.50. The fourth-order valence-electron chi connectivity index (χ4n) is 11.4. The van der Waals surface area contributed by atoms with Gasteiger partial charge in [-0.15, -0.1) is 0 Å². The van der Waals surface area contributed by atoms with Crippen molar-refractivity contribution in [2.24, 2.45) is 35.5 Å². The van der Waals surface area contributed by atoms with Crippen molar-refractivity contribution in [2.75, 3.05) is 6.61 Å². The zero-order valence-corrected chi connectivity index (χ0v) is 35.5. The van der Waals surface area contributed by atoms with E-state index in [4.69, 9.17) is 4.74 Å². The predicted molar refractivity (Wildman–Crippen MR) is 207 cm³/mol. The second-order valence-corrected chi connectivity index (χ2v) is 36.4. The number of hydrogen-bond donors (Lipinski definition) is 0. The molecule has 0 N–H and O–H groups in total. The first-order valence-corrected chi connectivity index (χ1v) is 30.4. The Bertz CT molecular complexity index is 770. The van der Waals surface area contributed by atoms with Gasteiger partial charge in [-0.3, -0.25) is 0 Å². The van der Waals surface area contributed by atoms with E-state index >= 15 is 0 Å². The highest BCUT2D eigenvalue weighted by atomic mass is 28.3. The molecule has 0 amide bonds. The molecule has 0 aromatic rings. The molecule has 0 aliphatic heterocycles. The smallest absolute Gasteiger partial charge is 0.0598 e. The highest BCUT2D eigenvalue weighted by Crippen LogP contribution is 2.66. The Balaban J connectivity index is 0.00000169. The largest absolute Gasteiger partial charge is 0.376 e. The van der Waals surface area contributed by atoms with Gasteiger partial charge in [-0.05, 0) is 99.5 Å². The van der Waals surface area contributed by atoms with Crippen molar-refractivity contribution in [1.82, 2.24) is 0 Å². The lowest BCUT2D eigenvalue weighted by Gasteiger charge is -2.47. The van der Waals surface area contributed by atoms with Gasteiger partial charge in [-0.2, -0.15) is 0 Å². The lowest BCUT2D eigenvalue weighted by Crippen LogP contribution is -2.46. The molecule has 8 atom stereocenters. The number of fused-ring (bicyclic) bond motifs is 2. The van der Waals surface area contributed by atoms with Crippen LogP contribution < -0.4 is 0 Å². The molecule has 0 aromatic carbocycles. The zero-order valence-electron chi connectivity index (χ0n) is 32.5. The first-order chi connectivity index (χ1) is 20.5. The van der Waals surface area contributed by atoms with Crippen LogP contribution in [0.25, 0.3) is 0 Å². The van der Waals surface area contributed by atoms with E-state index in [1.54, 1.807) is 69.5 Å². The lowest BCUT2D eigenvalue weighted by molar-refractivity contribution is -0.00471. The standard InChI is InChI=1S/C37H74OSi3.C3H8/c1-37(2,3)38-23-17-11-12-18-24-41(10,35-25-29(27-39(4,5)6)31-19-13-15-21-33(31)35)36-26-30(28-40(7,8)9)32-20-14-16-22-34(32)36;1-3-2/h29-36H,11-28H2,1-10H3;3H2,1-2H3. The Hall–Kier alpha value is 0.611. The van der Waals surface area contributed by atoms with Crippen LogP contribution in [0.1, 0.15) is 131 Å². The number of unbranched alkanes of at least 4 members (excludes halogenated alkanes) is 3. The van der Waals surface area contributed by atoms with E-state index in [0.29, 0.717) is 0 Å². The van der Waals surface area contributed by atoms with E-state index in [0.717, 1.165) is 53.2 Å². The van der Waals surface area contributed by atoms with Crippen molar-refractivity contribution < 1.29 is 4.74 Å². The maximum Gasteiger partial charge on any atom is 0.0598 e. The number of ether oxygens (including phenoxy) is 1. The minimum Gasteiger partial charge on any atom is -0.376 e. The molecule has 4 aliphatic rings. The highest BCUT2D eigenvalue weighted by Gasteiger charge is 2.59. The lowest BCUT2D eigenvalue weighted by atomic mass is 9.78. The normalized spacial score (nSPS) is 34.1. The molecule has 0 heterocycles. The third-order valence-corrected chi connectivity index (χ3v) is 22.3. The molecule has 8 unspecified atom stereocenters. The molecular weight excluding hydrogens is 581 g/mol. The van der Waals surface area contributed by atoms with E-state index in [1.165, 1.54) is 44.9 Å². The van der Waals surface area contributed by atoms with Crippen molar-refractivity contribution in [3.8, 4) is 0 Å². The van der Waals surface area contributed by atoms with Crippen molar-refractivity contribution in [3.05, 3.63) is 0 Å². The van der Waals surface area contributed by atoms with Crippen LogP contribution in [0, 0.1) is 35.5 Å². The molecule has 4 saturated carbocycles. The summed E-state index contributed by atoms with van der Waals surface area (Å²) < 4.78 is 6.08. The van der Waals surface area contributed by atoms with Crippen molar-refractivity contribution in [2.45, 2.75) is 212 Å². The molecule has 260 valence electrons. The third-order valence-electron chi connectivity index (χ3n) is 12.7. The molecule has 1 nitrogen and oxygen atoms in total. The average molecular weight is 663 g/mol. The van der Waals surface area contributed by atoms with E-state index in [1.807, 2.05) is 0 Å². The van der Waals surface area contributed by atoms with E-state index < -0.39 is 24.2 Å². The summed E-state index contributed by atoms with van der Waals surface area (Å²) in [5, 5.41) is 0. The van der Waals surface area contributed by atoms with Gasteiger partial charge in [0, 0.05) is 22.8 Å². The quantitative estimate of drug-likeness (QED) is 0.141. The second kappa shape index (κ2) is 16.8. The summed E-state index contributed by atoms with van der Waals surface area (Å²) in [4.78, 5) is 0. The van der Waals surface area contributed by atoms with Crippen LogP contribution in [0.15, 0.2) is 0 Å². The zero-order chi connectivity index (χ0) is 32.8. The Labute approximate surface area is 281 Å². The summed E-state index contributed by atoms with van der Waals surface area (Å²) in [5.41, 5.74) is 2.32. The van der Waals surface area contributed by atoms with Gasteiger partial charge >= 0.3 is 0 Å². The molecule has 0 saturated heterocycles. The predicted octanol–water partition coefficient (Wildman–Crippen LogP) is 13.9. The summed E-state index contributed by atoms with van der Waals surface area (Å²) in [6.07, 6.45) is 22.7. The molecule has 44 heavy (non-hydrogen) atoms. The topological polar surface area (TPSA) is 9.23 Å². The maximum atomic E-state index is 6.08. The van der Waals surface area contributed by atoms with Gasteiger partial charge in [0.05, 0.1) is 13.7 Å². The first-order valence-electron chi connectivity index (χ1n) is 20.1. The molecule has 4 rings (SSSR count). The number of rotatable bonds is 13. The molecular formula is C40H82OSi3. The summed E-state index contributed by atoms with van der Waals surface area (Å²) in [6.45, 7) is 30.9. The minimum absolute atomic E-state index is 0.0163. The molecule has 0 spiro atoms. The highest BCUT2D eigenvalue weighted by molar-refractivity contribution is 6.82. The van der Waals surface area contributed by atoms with Crippen molar-refractivity contribution in [3.63, 3.8) is 0 Å². The third kappa shape index (κ3) is 11.4. The summed E-state index contributed by atoms with van der Waals surface area (Å²) in [6, 6.07) is 4.91. The van der Waals surface area contributed by atoms with Gasteiger partial charge in [-0.25, -0.2) is 0 Å². The van der Waals surface area contributed by atoms with Crippen LogP contribution in [0.5, 0.6) is 0 Å². The van der Waals surface area contributed by atoms with E-state index in [-0.39, 0.29) is 5.60 Å². The van der Waals surface area contributed by atoms with Gasteiger partial charge in [0.15, 0.2) is 0 Å². The Morgan fingerprint density at radius 3 is 1.34 bits per heavy atom. The second-order valence-electron chi connectivity index (χ2n) is 20.3. The van der Waals surface area contributed by atoms with Crippen LogP contribution in [-0.2, 0) is 4.74 Å². The van der Waals surface area contributed by atoms with Crippen LogP contribution in [0.3, 0.4) is 0 Å². The SMILES string of the molecule is CC(C)(C)OCCCCCC[Si](C)(C1CC(C[Si](C)(C)C)C2CCCCC21)C1CC(C[Si](C)(C)C)C2CCCCC21.CCC. The Morgan fingerprint density at radius 2 is 0.955 bits per heavy atom. The fourth-order valence-corrected chi connectivity index (χ4v) is 22.3. The molecule has 4 heteroatoms. The van der Waals surface area contributed by atoms with Crippen molar-refractivity contribution >= 4 is 24.2 Å². The average Bonchev–Trinajstić information content (AvgIpc) is 3.45. The van der Waals surface area contributed by atoms with Crippen LogP contribution in [0.2, 0.25) is 75.0 Å². The van der Waals surface area contributed by atoms with Crippen LogP contribution in [0.4, 0.5) is 0 Å². The summed E-state index contributed by atoms with van der Waals surface area (Å²) in [5.74, 6) is 6.59. The molecule has 4 fully saturated rings. The number of hydrogen-bond acceptors (Lipinski definition) is 1. The van der Waals surface area contributed by atoms with Gasteiger partial charge < -0.3 is 4.74 Å². The van der Waals surface area contributed by atoms with E-state index in [2.05, 4.69) is 80.4 Å². The molecule has 0 aromatic heterocycles. The van der Waals surface area contributed by atoms with Crippen molar-refractivity contribution in [1.29, 1.82) is 0 Å². The minimum atomic E-state index is -1.43. The molecule has 4 aliphatic carbocycles. The Morgan fingerprint density at radius 1 is 0.568 bits per heavy atom. The van der Waals surface area contributed by atoms with E-state index in [9.17, 15) is 0 Å². The first kappa shape index (κ1) is 39.1. The summed E-state index contributed by atoms with van der Waals surface area (Å²) >= 11 is 0.